The van der Waals surface area contributed by atoms with Crippen LogP contribution in [0.15, 0.2) is 47.5 Å². The highest BCUT2D eigenvalue weighted by atomic mass is 32.2. The topological polar surface area (TPSA) is 56.0 Å². The summed E-state index contributed by atoms with van der Waals surface area (Å²) in [6.07, 6.45) is 3.60. The van der Waals surface area contributed by atoms with E-state index in [1.54, 1.807) is 18.3 Å². The van der Waals surface area contributed by atoms with Crippen molar-refractivity contribution in [2.24, 2.45) is 0 Å². The van der Waals surface area contributed by atoms with E-state index in [0.717, 1.165) is 16.2 Å². The molecule has 1 aromatic heterocycles. The quantitative estimate of drug-likeness (QED) is 0.473. The summed E-state index contributed by atoms with van der Waals surface area (Å²) >= 11 is 1.48. The van der Waals surface area contributed by atoms with Crippen molar-refractivity contribution in [3.05, 3.63) is 52.7 Å². The highest BCUT2D eigenvalue weighted by Crippen LogP contribution is 2.31. The number of hydrogen-bond acceptors (Lipinski definition) is 4. The summed E-state index contributed by atoms with van der Waals surface area (Å²) in [6, 6.07) is 10.5. The summed E-state index contributed by atoms with van der Waals surface area (Å²) in [5.74, 6) is 0. The molecule has 0 aliphatic carbocycles. The zero-order chi connectivity index (χ0) is 12.3. The van der Waals surface area contributed by atoms with Crippen molar-refractivity contribution in [2.45, 2.75) is 4.90 Å². The van der Waals surface area contributed by atoms with Crippen molar-refractivity contribution >= 4 is 17.4 Å². The van der Waals surface area contributed by atoms with Crippen molar-refractivity contribution in [3.63, 3.8) is 0 Å². The van der Waals surface area contributed by atoms with E-state index in [-0.39, 0.29) is 10.6 Å². The molecule has 0 aliphatic rings. The minimum atomic E-state index is -0.387. The molecule has 0 unspecified atom stereocenters. The number of hydrogen-bond donors (Lipinski definition) is 0. The molecule has 1 heterocycles. The van der Waals surface area contributed by atoms with Crippen LogP contribution in [-0.4, -0.2) is 16.2 Å². The summed E-state index contributed by atoms with van der Waals surface area (Å²) in [5, 5.41) is 10.7. The molecule has 2 rings (SSSR count). The number of nitro groups is 1. The van der Waals surface area contributed by atoms with E-state index >= 15 is 0 Å². The van der Waals surface area contributed by atoms with Gasteiger partial charge in [-0.05, 0) is 24.5 Å². The average Bonchev–Trinajstić information content (AvgIpc) is 2.39. The third-order valence-corrected chi connectivity index (χ3v) is 3.11. The van der Waals surface area contributed by atoms with Crippen LogP contribution in [0.2, 0.25) is 0 Å². The molecule has 0 N–H and O–H groups in total. The third kappa shape index (κ3) is 2.45. The molecule has 0 fully saturated rings. The molecular formula is C12H10N2O2S. The summed E-state index contributed by atoms with van der Waals surface area (Å²) in [4.78, 5) is 15.4. The van der Waals surface area contributed by atoms with Gasteiger partial charge in [-0.3, -0.25) is 15.1 Å². The summed E-state index contributed by atoms with van der Waals surface area (Å²) in [7, 11) is 0. The van der Waals surface area contributed by atoms with Gasteiger partial charge in [-0.15, -0.1) is 11.8 Å². The normalized spacial score (nSPS) is 10.2. The fourth-order valence-corrected chi connectivity index (χ4v) is 2.16. The van der Waals surface area contributed by atoms with Crippen molar-refractivity contribution < 1.29 is 4.92 Å². The van der Waals surface area contributed by atoms with Crippen molar-refractivity contribution in [1.82, 2.24) is 4.98 Å². The Bertz CT molecular complexity index is 543. The first-order chi connectivity index (χ1) is 8.22. The van der Waals surface area contributed by atoms with Gasteiger partial charge in [0.05, 0.1) is 10.6 Å². The number of nitro benzene ring substituents is 1. The van der Waals surface area contributed by atoms with E-state index in [1.165, 1.54) is 17.8 Å². The number of thioether (sulfide) groups is 1. The number of benzene rings is 1. The largest absolute Gasteiger partial charge is 0.270 e. The van der Waals surface area contributed by atoms with Crippen LogP contribution in [0, 0.1) is 10.1 Å². The molecule has 0 atom stereocenters. The lowest BCUT2D eigenvalue weighted by Gasteiger charge is -2.06. The van der Waals surface area contributed by atoms with Crippen LogP contribution in [0.5, 0.6) is 0 Å². The van der Waals surface area contributed by atoms with Crippen LogP contribution >= 0.6 is 11.8 Å². The monoisotopic (exact) mass is 246 g/mol. The number of pyridine rings is 1. The van der Waals surface area contributed by atoms with Crippen molar-refractivity contribution in [1.29, 1.82) is 0 Å². The Morgan fingerprint density at radius 1 is 1.29 bits per heavy atom. The van der Waals surface area contributed by atoms with Gasteiger partial charge in [0, 0.05) is 28.8 Å². The van der Waals surface area contributed by atoms with Gasteiger partial charge in [0.2, 0.25) is 0 Å². The second-order valence-electron chi connectivity index (χ2n) is 3.36. The molecule has 1 aromatic carbocycles. The Hall–Kier alpha value is -1.88. The molecule has 0 radical (unpaired) electrons. The Morgan fingerprint density at radius 3 is 2.71 bits per heavy atom. The minimum absolute atomic E-state index is 0.106. The van der Waals surface area contributed by atoms with Gasteiger partial charge in [0.15, 0.2) is 0 Å². The second-order valence-corrected chi connectivity index (χ2v) is 4.20. The molecule has 2 aromatic rings. The Balaban J connectivity index is 2.52. The van der Waals surface area contributed by atoms with E-state index in [0.29, 0.717) is 0 Å². The Kier molecular flexibility index (Phi) is 3.39. The highest BCUT2D eigenvalue weighted by molar-refractivity contribution is 7.98. The smallest absolute Gasteiger partial charge is 0.258 e. The minimum Gasteiger partial charge on any atom is -0.258 e. The van der Waals surface area contributed by atoms with Gasteiger partial charge in [-0.2, -0.15) is 0 Å². The molecule has 0 amide bonds. The molecule has 4 nitrogen and oxygen atoms in total. The van der Waals surface area contributed by atoms with Crippen LogP contribution in [-0.2, 0) is 0 Å². The summed E-state index contributed by atoms with van der Waals surface area (Å²) in [6.45, 7) is 0. The first-order valence-electron chi connectivity index (χ1n) is 4.96. The SMILES string of the molecule is CSc1cc([N+](=O)[O-])ccc1-c1ccccn1. The van der Waals surface area contributed by atoms with Crippen LogP contribution in [0.3, 0.4) is 0 Å². The number of aromatic nitrogens is 1. The number of nitrogens with zero attached hydrogens (tertiary/aromatic N) is 2. The molecular weight excluding hydrogens is 236 g/mol. The number of non-ortho nitro benzene ring substituents is 1. The molecule has 0 bridgehead atoms. The maximum atomic E-state index is 10.7. The van der Waals surface area contributed by atoms with E-state index in [9.17, 15) is 10.1 Å². The summed E-state index contributed by atoms with van der Waals surface area (Å²) < 4.78 is 0. The first-order valence-corrected chi connectivity index (χ1v) is 6.18. The lowest BCUT2D eigenvalue weighted by molar-refractivity contribution is -0.385. The van der Waals surface area contributed by atoms with Gasteiger partial charge >= 0.3 is 0 Å². The van der Waals surface area contributed by atoms with Crippen LogP contribution in [0.1, 0.15) is 0 Å². The average molecular weight is 246 g/mol. The fourth-order valence-electron chi connectivity index (χ4n) is 1.53. The van der Waals surface area contributed by atoms with E-state index in [4.69, 9.17) is 0 Å². The number of rotatable bonds is 3. The third-order valence-electron chi connectivity index (χ3n) is 2.34. The molecule has 0 saturated heterocycles. The van der Waals surface area contributed by atoms with E-state index < -0.39 is 0 Å². The van der Waals surface area contributed by atoms with Gasteiger partial charge in [0.25, 0.3) is 5.69 Å². The van der Waals surface area contributed by atoms with Crippen molar-refractivity contribution in [2.75, 3.05) is 6.26 Å². The van der Waals surface area contributed by atoms with Gasteiger partial charge < -0.3 is 0 Å². The van der Waals surface area contributed by atoms with Crippen LogP contribution < -0.4 is 0 Å². The Labute approximate surface area is 103 Å². The van der Waals surface area contributed by atoms with Gasteiger partial charge in [-0.1, -0.05) is 6.07 Å². The van der Waals surface area contributed by atoms with Crippen LogP contribution in [0.4, 0.5) is 5.69 Å². The van der Waals surface area contributed by atoms with Crippen molar-refractivity contribution in [3.8, 4) is 11.3 Å². The molecule has 0 aliphatic heterocycles. The maximum absolute atomic E-state index is 10.7. The standard InChI is InChI=1S/C12H10N2O2S/c1-17-12-8-9(14(15)16)5-6-10(12)11-4-2-3-7-13-11/h2-8H,1H3. The molecule has 0 saturated carbocycles. The highest BCUT2D eigenvalue weighted by Gasteiger charge is 2.11. The summed E-state index contributed by atoms with van der Waals surface area (Å²) in [5.41, 5.74) is 1.85. The molecule has 0 spiro atoms. The first kappa shape index (κ1) is 11.6. The lowest BCUT2D eigenvalue weighted by Crippen LogP contribution is -1.90. The lowest BCUT2D eigenvalue weighted by atomic mass is 10.1. The predicted molar refractivity (Wildman–Crippen MR) is 68.1 cm³/mol. The second kappa shape index (κ2) is 4.97. The van der Waals surface area contributed by atoms with E-state index in [1.807, 2.05) is 24.5 Å². The molecule has 86 valence electrons. The van der Waals surface area contributed by atoms with Gasteiger partial charge in [-0.25, -0.2) is 0 Å². The Morgan fingerprint density at radius 2 is 2.12 bits per heavy atom. The zero-order valence-corrected chi connectivity index (χ0v) is 9.98. The van der Waals surface area contributed by atoms with Crippen LogP contribution in [0.25, 0.3) is 11.3 Å². The predicted octanol–water partition coefficient (Wildman–Crippen LogP) is 3.38. The van der Waals surface area contributed by atoms with E-state index in [2.05, 4.69) is 4.98 Å². The molecule has 5 heteroatoms. The van der Waals surface area contributed by atoms with Gasteiger partial charge in [0.1, 0.15) is 0 Å². The maximum Gasteiger partial charge on any atom is 0.270 e. The fraction of sp³-hybridized carbons (Fsp3) is 0.0833. The zero-order valence-electron chi connectivity index (χ0n) is 9.16. The molecule has 17 heavy (non-hydrogen) atoms.